The molecule has 0 radical (unpaired) electrons. The molecule has 18 heavy (non-hydrogen) atoms. The molecule has 0 fully saturated rings. The van der Waals surface area contributed by atoms with Crippen molar-refractivity contribution in [1.29, 1.82) is 0 Å². The van der Waals surface area contributed by atoms with Crippen LogP contribution in [-0.4, -0.2) is 17.7 Å². The van der Waals surface area contributed by atoms with E-state index in [0.29, 0.717) is 5.75 Å². The molecular weight excluding hydrogens is 228 g/mol. The fourth-order valence-corrected chi connectivity index (χ4v) is 1.44. The molecule has 0 aliphatic rings. The van der Waals surface area contributed by atoms with Crippen LogP contribution in [0, 0.1) is 0 Å². The van der Waals surface area contributed by atoms with Crippen molar-refractivity contribution in [2.24, 2.45) is 0 Å². The minimum atomic E-state index is -0.600. The normalized spacial score (nSPS) is 12.9. The maximum Gasteiger partial charge on any atom is 0.347 e. The highest BCUT2D eigenvalue weighted by Gasteiger charge is 2.22. The van der Waals surface area contributed by atoms with E-state index in [2.05, 4.69) is 6.92 Å². The predicted octanol–water partition coefficient (Wildman–Crippen LogP) is 3.36. The van der Waals surface area contributed by atoms with Crippen molar-refractivity contribution in [3.05, 3.63) is 29.8 Å². The van der Waals surface area contributed by atoms with Gasteiger partial charge in [-0.1, -0.05) is 19.1 Å². The van der Waals surface area contributed by atoms with Crippen LogP contribution in [-0.2, 0) is 16.0 Å². The molecule has 0 aromatic heterocycles. The molecule has 0 saturated heterocycles. The third-order valence-electron chi connectivity index (χ3n) is 2.38. The van der Waals surface area contributed by atoms with Gasteiger partial charge in [0, 0.05) is 0 Å². The molecule has 1 rings (SSSR count). The van der Waals surface area contributed by atoms with Crippen molar-refractivity contribution < 1.29 is 14.3 Å². The first kappa shape index (κ1) is 14.6. The highest BCUT2D eigenvalue weighted by molar-refractivity contribution is 5.75. The minimum Gasteiger partial charge on any atom is -0.479 e. The van der Waals surface area contributed by atoms with Crippen LogP contribution in [0.5, 0.6) is 5.75 Å². The lowest BCUT2D eigenvalue weighted by molar-refractivity contribution is -0.162. The molecule has 0 bridgehead atoms. The van der Waals surface area contributed by atoms with Crippen LogP contribution in [0.25, 0.3) is 0 Å². The summed E-state index contributed by atoms with van der Waals surface area (Å²) >= 11 is 0. The maximum atomic E-state index is 11.7. The largest absolute Gasteiger partial charge is 0.479 e. The highest BCUT2D eigenvalue weighted by atomic mass is 16.6. The molecule has 0 N–H and O–H groups in total. The first-order valence-electron chi connectivity index (χ1n) is 6.30. The topological polar surface area (TPSA) is 35.5 Å². The van der Waals surface area contributed by atoms with Crippen LogP contribution in [0.2, 0.25) is 0 Å². The lowest BCUT2D eigenvalue weighted by Gasteiger charge is -2.22. The van der Waals surface area contributed by atoms with Gasteiger partial charge >= 0.3 is 5.97 Å². The molecule has 100 valence electrons. The summed E-state index contributed by atoms with van der Waals surface area (Å²) in [7, 11) is 0. The van der Waals surface area contributed by atoms with Gasteiger partial charge in [-0.05, 0) is 51.8 Å². The third kappa shape index (κ3) is 4.78. The van der Waals surface area contributed by atoms with Crippen molar-refractivity contribution >= 4 is 5.97 Å². The Morgan fingerprint density at radius 1 is 1.22 bits per heavy atom. The van der Waals surface area contributed by atoms with E-state index in [4.69, 9.17) is 9.47 Å². The summed E-state index contributed by atoms with van der Waals surface area (Å²) in [6.45, 7) is 9.32. The van der Waals surface area contributed by atoms with Gasteiger partial charge in [0.05, 0.1) is 0 Å². The number of ether oxygens (including phenoxy) is 2. The zero-order valence-electron chi connectivity index (χ0n) is 11.8. The molecule has 0 saturated carbocycles. The maximum absolute atomic E-state index is 11.7. The Morgan fingerprint density at radius 3 is 2.22 bits per heavy atom. The van der Waals surface area contributed by atoms with Gasteiger partial charge in [0.2, 0.25) is 0 Å². The molecule has 0 spiro atoms. The van der Waals surface area contributed by atoms with Gasteiger partial charge in [0.25, 0.3) is 0 Å². The van der Waals surface area contributed by atoms with Crippen LogP contribution in [0.3, 0.4) is 0 Å². The first-order valence-corrected chi connectivity index (χ1v) is 6.30. The van der Waals surface area contributed by atoms with Gasteiger partial charge in [-0.2, -0.15) is 0 Å². The number of hydrogen-bond acceptors (Lipinski definition) is 3. The summed E-state index contributed by atoms with van der Waals surface area (Å²) in [5.41, 5.74) is 0.757. The molecule has 1 aromatic carbocycles. The third-order valence-corrected chi connectivity index (χ3v) is 2.38. The fraction of sp³-hybridized carbons (Fsp3) is 0.533. The summed E-state index contributed by atoms with van der Waals surface area (Å²) in [6, 6.07) is 7.74. The minimum absolute atomic E-state index is 0.345. The van der Waals surface area contributed by atoms with E-state index < -0.39 is 11.7 Å². The molecule has 0 aliphatic heterocycles. The molecule has 3 heteroatoms. The van der Waals surface area contributed by atoms with Crippen LogP contribution in [0.15, 0.2) is 24.3 Å². The van der Waals surface area contributed by atoms with Crippen LogP contribution >= 0.6 is 0 Å². The number of carbonyl (C=O) groups is 1. The molecule has 1 aromatic rings. The van der Waals surface area contributed by atoms with Crippen molar-refractivity contribution in [3.63, 3.8) is 0 Å². The SMILES string of the molecule is CCc1ccc(O[C@H](C)C(=O)OC(C)(C)C)cc1. The summed E-state index contributed by atoms with van der Waals surface area (Å²) in [4.78, 5) is 11.7. The van der Waals surface area contributed by atoms with E-state index in [1.807, 2.05) is 45.0 Å². The average molecular weight is 250 g/mol. The van der Waals surface area contributed by atoms with Crippen LogP contribution in [0.1, 0.15) is 40.2 Å². The van der Waals surface area contributed by atoms with Gasteiger partial charge in [-0.25, -0.2) is 4.79 Å². The second-order valence-corrected chi connectivity index (χ2v) is 5.29. The molecular formula is C15H22O3. The van der Waals surface area contributed by atoms with Crippen molar-refractivity contribution in [2.45, 2.75) is 52.7 Å². The van der Waals surface area contributed by atoms with E-state index in [9.17, 15) is 4.79 Å². The quantitative estimate of drug-likeness (QED) is 0.769. The van der Waals surface area contributed by atoms with E-state index >= 15 is 0 Å². The fourth-order valence-electron chi connectivity index (χ4n) is 1.44. The lowest BCUT2D eigenvalue weighted by atomic mass is 10.2. The number of carbonyl (C=O) groups excluding carboxylic acids is 1. The molecule has 3 nitrogen and oxygen atoms in total. The molecule has 0 heterocycles. The van der Waals surface area contributed by atoms with Gasteiger partial charge in [0.15, 0.2) is 6.10 Å². The van der Waals surface area contributed by atoms with E-state index in [1.54, 1.807) is 6.92 Å². The van der Waals surface area contributed by atoms with Crippen molar-refractivity contribution in [2.75, 3.05) is 0 Å². The molecule has 0 unspecified atom stereocenters. The summed E-state index contributed by atoms with van der Waals surface area (Å²) < 4.78 is 10.8. The standard InChI is InChI=1S/C15H22O3/c1-6-12-7-9-13(10-8-12)17-11(2)14(16)18-15(3,4)5/h7-11H,6H2,1-5H3/t11-/m1/s1. The number of benzene rings is 1. The van der Waals surface area contributed by atoms with Gasteiger partial charge in [0.1, 0.15) is 11.4 Å². The van der Waals surface area contributed by atoms with Gasteiger partial charge in [-0.15, -0.1) is 0 Å². The van der Waals surface area contributed by atoms with E-state index in [1.165, 1.54) is 5.56 Å². The summed E-state index contributed by atoms with van der Waals surface area (Å²) in [5, 5.41) is 0. The van der Waals surface area contributed by atoms with Gasteiger partial charge < -0.3 is 9.47 Å². The smallest absolute Gasteiger partial charge is 0.347 e. The predicted molar refractivity (Wildman–Crippen MR) is 71.8 cm³/mol. The molecule has 0 aliphatic carbocycles. The Balaban J connectivity index is 2.58. The summed E-state index contributed by atoms with van der Waals surface area (Å²) in [5.74, 6) is 0.340. The Morgan fingerprint density at radius 2 is 1.78 bits per heavy atom. The zero-order chi connectivity index (χ0) is 13.8. The van der Waals surface area contributed by atoms with Crippen molar-refractivity contribution in [3.8, 4) is 5.75 Å². The number of hydrogen-bond donors (Lipinski definition) is 0. The molecule has 0 amide bonds. The lowest BCUT2D eigenvalue weighted by Crippen LogP contribution is -2.33. The highest BCUT2D eigenvalue weighted by Crippen LogP contribution is 2.16. The zero-order valence-corrected chi connectivity index (χ0v) is 11.8. The van der Waals surface area contributed by atoms with Crippen LogP contribution in [0.4, 0.5) is 0 Å². The Kier molecular flexibility index (Phi) is 4.76. The van der Waals surface area contributed by atoms with Crippen molar-refractivity contribution in [1.82, 2.24) is 0 Å². The average Bonchev–Trinajstić information content (AvgIpc) is 2.27. The molecule has 1 atom stereocenters. The Hall–Kier alpha value is -1.51. The first-order chi connectivity index (χ1) is 8.31. The summed E-state index contributed by atoms with van der Waals surface area (Å²) in [6.07, 6.45) is 0.388. The van der Waals surface area contributed by atoms with E-state index in [0.717, 1.165) is 6.42 Å². The van der Waals surface area contributed by atoms with E-state index in [-0.39, 0.29) is 5.97 Å². The van der Waals surface area contributed by atoms with Gasteiger partial charge in [-0.3, -0.25) is 0 Å². The Labute approximate surface area is 109 Å². The monoisotopic (exact) mass is 250 g/mol. The second kappa shape index (κ2) is 5.89. The number of aryl methyl sites for hydroxylation is 1. The Bertz CT molecular complexity index is 387. The number of esters is 1. The second-order valence-electron chi connectivity index (χ2n) is 5.29. The van der Waals surface area contributed by atoms with Crippen LogP contribution < -0.4 is 4.74 Å². The number of rotatable bonds is 4.